The van der Waals surface area contributed by atoms with E-state index >= 15 is 0 Å². The number of nitro benzene ring substituents is 1. The number of para-hydroxylation sites is 1. The van der Waals surface area contributed by atoms with Gasteiger partial charge >= 0.3 is 0 Å². The van der Waals surface area contributed by atoms with Gasteiger partial charge in [0.05, 0.1) is 21.9 Å². The summed E-state index contributed by atoms with van der Waals surface area (Å²) >= 11 is 0. The van der Waals surface area contributed by atoms with Crippen LogP contribution < -0.4 is 4.74 Å². The highest BCUT2D eigenvalue weighted by atomic mass is 16.8. The Kier molecular flexibility index (Phi) is 5.43. The number of nitrogens with zero attached hydrogens (tertiary/aromatic N) is 2. The minimum absolute atomic E-state index is 0.0317. The highest BCUT2D eigenvalue weighted by Crippen LogP contribution is 2.61. The van der Waals surface area contributed by atoms with Crippen LogP contribution in [0.3, 0.4) is 0 Å². The molecule has 4 fully saturated rings. The summed E-state index contributed by atoms with van der Waals surface area (Å²) in [5, 5.41) is 11.4. The molecule has 1 saturated carbocycles. The molecule has 3 saturated heterocycles. The monoisotopic (exact) mass is 544 g/mol. The van der Waals surface area contributed by atoms with E-state index in [-0.39, 0.29) is 47.1 Å². The van der Waals surface area contributed by atoms with E-state index in [2.05, 4.69) is 4.90 Å². The van der Waals surface area contributed by atoms with Crippen LogP contribution in [-0.4, -0.2) is 59.0 Å². The molecule has 0 N–H and O–H groups in total. The van der Waals surface area contributed by atoms with Crippen LogP contribution in [0, 0.1) is 15.5 Å². The first kappa shape index (κ1) is 24.5. The van der Waals surface area contributed by atoms with Crippen molar-refractivity contribution >= 4 is 11.5 Å². The lowest BCUT2D eigenvalue weighted by Crippen LogP contribution is -2.53. The van der Waals surface area contributed by atoms with Crippen molar-refractivity contribution in [2.75, 3.05) is 13.2 Å². The normalized spacial score (nSPS) is 35.6. The van der Waals surface area contributed by atoms with Gasteiger partial charge in [-0.25, -0.2) is 0 Å². The van der Waals surface area contributed by atoms with Crippen molar-refractivity contribution in [3.63, 3.8) is 0 Å². The predicted octanol–water partition coefficient (Wildman–Crippen LogP) is 5.10. The number of ether oxygens (including phenoxy) is 4. The van der Waals surface area contributed by atoms with E-state index in [1.165, 1.54) is 6.42 Å². The van der Waals surface area contributed by atoms with E-state index in [4.69, 9.17) is 18.9 Å². The number of non-ortho nitro benzene ring substituents is 1. The third kappa shape index (κ3) is 3.40. The Labute approximate surface area is 232 Å². The van der Waals surface area contributed by atoms with E-state index in [1.54, 1.807) is 12.1 Å². The summed E-state index contributed by atoms with van der Waals surface area (Å²) in [7, 11) is 0. The quantitative estimate of drug-likeness (QED) is 0.389. The molecule has 0 bridgehead atoms. The molecular weight excluding hydrogens is 512 g/mol. The molecule has 2 aromatic rings. The lowest BCUT2D eigenvalue weighted by Gasteiger charge is -2.43. The lowest BCUT2D eigenvalue weighted by atomic mass is 9.63. The third-order valence-corrected chi connectivity index (χ3v) is 10.0. The molecule has 5 aliphatic heterocycles. The maximum atomic E-state index is 14.7. The van der Waals surface area contributed by atoms with Crippen molar-refractivity contribution in [1.29, 1.82) is 0 Å². The molecule has 1 aliphatic carbocycles. The van der Waals surface area contributed by atoms with Crippen LogP contribution in [0.1, 0.15) is 66.8 Å². The van der Waals surface area contributed by atoms with Crippen LogP contribution in [0.4, 0.5) is 5.69 Å². The first-order valence-corrected chi connectivity index (χ1v) is 14.5. The van der Waals surface area contributed by atoms with E-state index in [9.17, 15) is 14.9 Å². The molecule has 9 heteroatoms. The zero-order valence-electron chi connectivity index (χ0n) is 22.2. The van der Waals surface area contributed by atoms with Gasteiger partial charge in [-0.05, 0) is 56.0 Å². The Balaban J connectivity index is 1.23. The van der Waals surface area contributed by atoms with Crippen LogP contribution in [0.5, 0.6) is 5.75 Å². The van der Waals surface area contributed by atoms with Crippen molar-refractivity contribution in [2.45, 2.75) is 81.1 Å². The summed E-state index contributed by atoms with van der Waals surface area (Å²) in [5.41, 5.74) is 0.545. The Bertz CT molecular complexity index is 1400. The maximum Gasteiger partial charge on any atom is 0.269 e. The number of hydrogen-bond donors (Lipinski definition) is 0. The van der Waals surface area contributed by atoms with Crippen LogP contribution in [0.15, 0.2) is 60.4 Å². The summed E-state index contributed by atoms with van der Waals surface area (Å²) in [6.07, 6.45) is 8.25. The van der Waals surface area contributed by atoms with Gasteiger partial charge in [0.1, 0.15) is 24.2 Å². The minimum atomic E-state index is -0.970. The van der Waals surface area contributed by atoms with Crippen molar-refractivity contribution in [3.8, 4) is 5.75 Å². The van der Waals surface area contributed by atoms with Crippen molar-refractivity contribution in [3.05, 3.63) is 81.6 Å². The maximum absolute atomic E-state index is 14.7. The molecule has 0 aromatic heterocycles. The molecule has 208 valence electrons. The predicted molar refractivity (Wildman–Crippen MR) is 143 cm³/mol. The van der Waals surface area contributed by atoms with Crippen LogP contribution >= 0.6 is 0 Å². The molecule has 6 aliphatic rings. The first-order valence-electron chi connectivity index (χ1n) is 14.5. The Morgan fingerprint density at radius 1 is 0.975 bits per heavy atom. The second kappa shape index (κ2) is 8.86. The summed E-state index contributed by atoms with van der Waals surface area (Å²) in [5.74, 6) is 0.550. The molecule has 0 unspecified atom stereocenters. The number of benzene rings is 2. The molecule has 40 heavy (non-hydrogen) atoms. The fourth-order valence-corrected chi connectivity index (χ4v) is 8.40. The average molecular weight is 545 g/mol. The lowest BCUT2D eigenvalue weighted by molar-refractivity contribution is -0.384. The summed E-state index contributed by atoms with van der Waals surface area (Å²) in [6, 6.07) is 13.8. The fraction of sp³-hybridized carbons (Fsp3) is 0.516. The van der Waals surface area contributed by atoms with Gasteiger partial charge in [0, 0.05) is 36.9 Å². The van der Waals surface area contributed by atoms with Gasteiger partial charge < -0.3 is 18.9 Å². The van der Waals surface area contributed by atoms with Crippen molar-refractivity contribution < 1.29 is 28.7 Å². The average Bonchev–Trinajstić information content (AvgIpc) is 3.71. The number of rotatable bonds is 3. The van der Waals surface area contributed by atoms with Crippen LogP contribution in [0.2, 0.25) is 0 Å². The van der Waals surface area contributed by atoms with E-state index in [0.29, 0.717) is 17.1 Å². The summed E-state index contributed by atoms with van der Waals surface area (Å²) in [4.78, 5) is 28.2. The molecule has 9 nitrogen and oxygen atoms in total. The molecular formula is C31H32N2O7. The SMILES string of the molecule is O=C1c2ccccc2OC[C@@]12[C@@H](c1ccc([N+](=O)[O-])cc1)[C@H]1CCCN1[C@@H]2C1=C[C@@H]2OC3(CCCCC3)O[C@@H]2O1. The Morgan fingerprint density at radius 2 is 1.77 bits per heavy atom. The summed E-state index contributed by atoms with van der Waals surface area (Å²) < 4.78 is 25.9. The smallest absolute Gasteiger partial charge is 0.269 e. The summed E-state index contributed by atoms with van der Waals surface area (Å²) in [6.45, 7) is 1.03. The van der Waals surface area contributed by atoms with Gasteiger partial charge in [-0.2, -0.15) is 0 Å². The largest absolute Gasteiger partial charge is 0.492 e. The molecule has 5 heterocycles. The van der Waals surface area contributed by atoms with E-state index in [1.807, 2.05) is 42.5 Å². The zero-order valence-corrected chi connectivity index (χ0v) is 22.2. The Hall–Kier alpha value is -3.27. The molecule has 2 spiro atoms. The van der Waals surface area contributed by atoms with Crippen molar-refractivity contribution in [1.82, 2.24) is 4.90 Å². The van der Waals surface area contributed by atoms with Gasteiger partial charge in [-0.3, -0.25) is 19.8 Å². The minimum Gasteiger partial charge on any atom is -0.492 e. The standard InChI is InChI=1S/C31H32N2O7/c34-28-21-7-2-3-9-23(21)37-18-31(28)26(19-10-12-20(13-11-19)33(35)36)22-8-6-16-32(22)27(31)24-17-25-29(38-24)40-30(39-25)14-4-1-5-15-30/h2-3,7,9-13,17,22,25-27,29H,1,4-6,8,14-16,18H2/t22-,25+,26+,27-,29+,31+/m1/s1. The van der Waals surface area contributed by atoms with Gasteiger partial charge in [0.15, 0.2) is 11.6 Å². The van der Waals surface area contributed by atoms with Crippen molar-refractivity contribution in [2.24, 2.45) is 5.41 Å². The number of carbonyl (C=O) groups is 1. The first-order chi connectivity index (χ1) is 19.5. The van der Waals surface area contributed by atoms with E-state index < -0.39 is 17.5 Å². The topological polar surface area (TPSA) is 100 Å². The molecule has 0 radical (unpaired) electrons. The second-order valence-electron chi connectivity index (χ2n) is 12.1. The number of fused-ring (bicyclic) bond motifs is 3. The van der Waals surface area contributed by atoms with Gasteiger partial charge in [0.25, 0.3) is 5.69 Å². The number of ketones is 1. The third-order valence-electron chi connectivity index (χ3n) is 10.0. The van der Waals surface area contributed by atoms with Gasteiger partial charge in [-0.15, -0.1) is 0 Å². The number of Topliss-reactive ketones (excluding diaryl/α,β-unsaturated/α-hetero) is 1. The zero-order chi connectivity index (χ0) is 27.1. The molecule has 6 atom stereocenters. The van der Waals surface area contributed by atoms with Crippen LogP contribution in [0.25, 0.3) is 0 Å². The molecule has 0 amide bonds. The van der Waals surface area contributed by atoms with Crippen LogP contribution in [-0.2, 0) is 14.2 Å². The van der Waals surface area contributed by atoms with E-state index in [0.717, 1.165) is 50.6 Å². The highest BCUT2D eigenvalue weighted by Gasteiger charge is 2.68. The number of hydrogen-bond acceptors (Lipinski definition) is 8. The fourth-order valence-electron chi connectivity index (χ4n) is 8.40. The highest BCUT2D eigenvalue weighted by molar-refractivity contribution is 6.05. The van der Waals surface area contributed by atoms with Gasteiger partial charge in [0.2, 0.25) is 6.29 Å². The molecule has 8 rings (SSSR count). The molecule has 2 aromatic carbocycles. The van der Waals surface area contributed by atoms with Gasteiger partial charge in [-0.1, -0.05) is 30.7 Å². The number of nitro groups is 1. The Morgan fingerprint density at radius 3 is 2.55 bits per heavy atom. The number of carbonyl (C=O) groups excluding carboxylic acids is 1. The second-order valence-corrected chi connectivity index (χ2v) is 12.1.